The maximum atomic E-state index is 9.33. The topological polar surface area (TPSA) is 58.0 Å². The number of benzene rings is 1. The number of hydrogen-bond acceptors (Lipinski definition) is 4. The minimum atomic E-state index is 0.239. The lowest BCUT2D eigenvalue weighted by Gasteiger charge is -2.11. The Bertz CT molecular complexity index is 570. The van der Waals surface area contributed by atoms with Crippen LogP contribution in [0.1, 0.15) is 19.5 Å². The molecule has 5 heteroatoms. The molecule has 0 amide bonds. The van der Waals surface area contributed by atoms with Crippen molar-refractivity contribution in [1.82, 2.24) is 9.97 Å². The van der Waals surface area contributed by atoms with E-state index in [9.17, 15) is 5.11 Å². The number of halogens is 1. The minimum Gasteiger partial charge on any atom is -0.508 e. The summed E-state index contributed by atoms with van der Waals surface area (Å²) in [7, 11) is 0. The lowest BCUT2D eigenvalue weighted by atomic mass is 10.2. The molecule has 2 rings (SSSR count). The number of rotatable bonds is 4. The number of phenolic OH excluding ortho intramolecular Hbond substituents is 1. The van der Waals surface area contributed by atoms with Gasteiger partial charge in [0, 0.05) is 12.1 Å². The van der Waals surface area contributed by atoms with Gasteiger partial charge in [0.25, 0.3) is 0 Å². The van der Waals surface area contributed by atoms with E-state index in [1.165, 1.54) is 0 Å². The van der Waals surface area contributed by atoms with Crippen LogP contribution in [0, 0.1) is 0 Å². The number of nitrogens with one attached hydrogen (secondary N) is 1. The van der Waals surface area contributed by atoms with E-state index in [0.29, 0.717) is 5.82 Å². The molecule has 0 radical (unpaired) electrons. The van der Waals surface area contributed by atoms with Gasteiger partial charge < -0.3 is 10.4 Å². The van der Waals surface area contributed by atoms with Gasteiger partial charge in [0.1, 0.15) is 11.6 Å². The first kappa shape index (κ1) is 13.8. The predicted molar refractivity (Wildman–Crippen MR) is 80.4 cm³/mol. The Kier molecular flexibility index (Phi) is 4.37. The smallest absolute Gasteiger partial charge is 0.161 e. The summed E-state index contributed by atoms with van der Waals surface area (Å²) >= 11 is 3.53. The van der Waals surface area contributed by atoms with Crippen LogP contribution in [-0.4, -0.2) is 21.6 Å². The first-order valence-electron chi connectivity index (χ1n) is 6.25. The summed E-state index contributed by atoms with van der Waals surface area (Å²) in [5.74, 6) is 1.71. The predicted octanol–water partition coefficient (Wildman–Crippen LogP) is 3.61. The fourth-order valence-electron chi connectivity index (χ4n) is 1.75. The summed E-state index contributed by atoms with van der Waals surface area (Å²) in [6.45, 7) is 4.89. The summed E-state index contributed by atoms with van der Waals surface area (Å²) in [5.41, 5.74) is 1.85. The Labute approximate surface area is 121 Å². The van der Waals surface area contributed by atoms with Gasteiger partial charge in [0.05, 0.1) is 10.2 Å². The fraction of sp³-hybridized carbons (Fsp3) is 0.286. The third-order valence-electron chi connectivity index (χ3n) is 2.72. The lowest BCUT2D eigenvalue weighted by Crippen LogP contribution is -2.05. The molecule has 1 aromatic heterocycles. The van der Waals surface area contributed by atoms with E-state index >= 15 is 0 Å². The summed E-state index contributed by atoms with van der Waals surface area (Å²) in [6, 6.07) is 6.90. The van der Waals surface area contributed by atoms with Crippen molar-refractivity contribution in [3.05, 3.63) is 34.4 Å². The van der Waals surface area contributed by atoms with Crippen molar-refractivity contribution in [3.8, 4) is 17.1 Å². The second-order valence-electron chi connectivity index (χ2n) is 4.09. The third kappa shape index (κ3) is 3.04. The normalized spacial score (nSPS) is 10.5. The SMILES string of the molecule is CCNc1nc(-c2ccc(O)cc2)nc(CC)c1Br. The molecule has 0 saturated heterocycles. The number of aryl methyl sites for hydroxylation is 1. The first-order chi connectivity index (χ1) is 9.15. The van der Waals surface area contributed by atoms with Crippen LogP contribution in [0.25, 0.3) is 11.4 Å². The highest BCUT2D eigenvalue weighted by Gasteiger charge is 2.11. The number of nitrogens with zero attached hydrogens (tertiary/aromatic N) is 2. The Balaban J connectivity index is 2.51. The maximum Gasteiger partial charge on any atom is 0.161 e. The zero-order valence-electron chi connectivity index (χ0n) is 10.9. The second kappa shape index (κ2) is 6.02. The van der Waals surface area contributed by atoms with Gasteiger partial charge in [-0.25, -0.2) is 9.97 Å². The van der Waals surface area contributed by atoms with Crippen molar-refractivity contribution in [2.24, 2.45) is 0 Å². The number of phenols is 1. The Hall–Kier alpha value is -1.62. The van der Waals surface area contributed by atoms with E-state index in [2.05, 4.69) is 38.1 Å². The Morgan fingerprint density at radius 3 is 2.42 bits per heavy atom. The molecule has 0 spiro atoms. The molecule has 4 nitrogen and oxygen atoms in total. The van der Waals surface area contributed by atoms with Gasteiger partial charge in [-0.2, -0.15) is 0 Å². The highest BCUT2D eigenvalue weighted by molar-refractivity contribution is 9.10. The largest absolute Gasteiger partial charge is 0.508 e. The molecule has 0 aliphatic rings. The van der Waals surface area contributed by atoms with Gasteiger partial charge >= 0.3 is 0 Å². The van der Waals surface area contributed by atoms with E-state index < -0.39 is 0 Å². The molecule has 0 atom stereocenters. The van der Waals surface area contributed by atoms with E-state index in [1.807, 2.05) is 19.1 Å². The van der Waals surface area contributed by atoms with Gasteiger partial charge in [0.2, 0.25) is 0 Å². The number of aromatic nitrogens is 2. The zero-order valence-corrected chi connectivity index (χ0v) is 12.5. The van der Waals surface area contributed by atoms with Crippen LogP contribution in [-0.2, 0) is 6.42 Å². The molecule has 2 aromatic rings. The average Bonchev–Trinajstić information content (AvgIpc) is 2.42. The van der Waals surface area contributed by atoms with Crippen molar-refractivity contribution in [2.45, 2.75) is 20.3 Å². The van der Waals surface area contributed by atoms with Crippen LogP contribution in [0.5, 0.6) is 5.75 Å². The molecule has 0 unspecified atom stereocenters. The molecule has 1 aromatic carbocycles. The monoisotopic (exact) mass is 321 g/mol. The molecule has 0 aliphatic carbocycles. The molecule has 0 fully saturated rings. The standard InChI is InChI=1S/C14H16BrN3O/c1-3-11-12(15)14(16-4-2)18-13(17-11)9-5-7-10(19)8-6-9/h5-8,19H,3-4H2,1-2H3,(H,16,17,18). The van der Waals surface area contributed by atoms with Crippen LogP contribution in [0.2, 0.25) is 0 Å². The van der Waals surface area contributed by atoms with Crippen LogP contribution >= 0.6 is 15.9 Å². The zero-order chi connectivity index (χ0) is 13.8. The second-order valence-corrected chi connectivity index (χ2v) is 4.88. The lowest BCUT2D eigenvalue weighted by molar-refractivity contribution is 0.475. The van der Waals surface area contributed by atoms with E-state index in [-0.39, 0.29) is 5.75 Å². The minimum absolute atomic E-state index is 0.239. The van der Waals surface area contributed by atoms with Gasteiger partial charge in [-0.05, 0) is 53.5 Å². The van der Waals surface area contributed by atoms with Crippen LogP contribution in [0.15, 0.2) is 28.7 Å². The quantitative estimate of drug-likeness (QED) is 0.903. The molecule has 0 saturated carbocycles. The highest BCUT2D eigenvalue weighted by atomic mass is 79.9. The van der Waals surface area contributed by atoms with E-state index in [4.69, 9.17) is 0 Å². The molecular formula is C14H16BrN3O. The van der Waals surface area contributed by atoms with Crippen molar-refractivity contribution in [2.75, 3.05) is 11.9 Å². The van der Waals surface area contributed by atoms with Gasteiger partial charge in [-0.1, -0.05) is 6.92 Å². The maximum absolute atomic E-state index is 9.33. The molecule has 1 heterocycles. The summed E-state index contributed by atoms with van der Waals surface area (Å²) in [4.78, 5) is 9.07. The van der Waals surface area contributed by atoms with Crippen molar-refractivity contribution < 1.29 is 5.11 Å². The number of hydrogen-bond donors (Lipinski definition) is 2. The van der Waals surface area contributed by atoms with E-state index in [1.54, 1.807) is 12.1 Å². The van der Waals surface area contributed by atoms with Gasteiger partial charge in [-0.3, -0.25) is 0 Å². The average molecular weight is 322 g/mol. The summed E-state index contributed by atoms with van der Waals surface area (Å²) in [6.07, 6.45) is 0.826. The van der Waals surface area contributed by atoms with Crippen LogP contribution in [0.3, 0.4) is 0 Å². The molecular weight excluding hydrogens is 306 g/mol. The molecule has 0 bridgehead atoms. The number of aromatic hydroxyl groups is 1. The highest BCUT2D eigenvalue weighted by Crippen LogP contribution is 2.28. The number of anilines is 1. The fourth-order valence-corrected chi connectivity index (χ4v) is 2.35. The first-order valence-corrected chi connectivity index (χ1v) is 7.04. The van der Waals surface area contributed by atoms with Crippen molar-refractivity contribution >= 4 is 21.7 Å². The third-order valence-corrected chi connectivity index (χ3v) is 3.56. The summed E-state index contributed by atoms with van der Waals surface area (Å²) in [5, 5.41) is 12.6. The molecule has 2 N–H and O–H groups in total. The Morgan fingerprint density at radius 2 is 1.84 bits per heavy atom. The van der Waals surface area contributed by atoms with Crippen molar-refractivity contribution in [3.63, 3.8) is 0 Å². The van der Waals surface area contributed by atoms with E-state index in [0.717, 1.165) is 34.5 Å². The van der Waals surface area contributed by atoms with Crippen molar-refractivity contribution in [1.29, 1.82) is 0 Å². The van der Waals surface area contributed by atoms with Crippen LogP contribution in [0.4, 0.5) is 5.82 Å². The van der Waals surface area contributed by atoms with Gasteiger partial charge in [-0.15, -0.1) is 0 Å². The van der Waals surface area contributed by atoms with Crippen LogP contribution < -0.4 is 5.32 Å². The van der Waals surface area contributed by atoms with Gasteiger partial charge in [0.15, 0.2) is 5.82 Å². The Morgan fingerprint density at radius 1 is 1.16 bits per heavy atom. The summed E-state index contributed by atoms with van der Waals surface area (Å²) < 4.78 is 0.916. The molecule has 19 heavy (non-hydrogen) atoms. The molecule has 0 aliphatic heterocycles. The molecule has 100 valence electrons.